The number of fused-ring (bicyclic) bond motifs is 1. The summed E-state index contributed by atoms with van der Waals surface area (Å²) in [5.74, 6) is 0.753. The maximum Gasteiger partial charge on any atom is 0.261 e. The molecule has 1 aromatic heterocycles. The SMILES string of the molecule is Cc1c(C(=O)N(C)c2ccc3c(c2)OCO3)cnn1-c1ccc(F)cc1. The summed E-state index contributed by atoms with van der Waals surface area (Å²) >= 11 is 0. The molecule has 0 N–H and O–H groups in total. The van der Waals surface area contributed by atoms with Gasteiger partial charge in [-0.15, -0.1) is 0 Å². The highest BCUT2D eigenvalue weighted by Crippen LogP contribution is 2.35. The molecule has 0 spiro atoms. The number of ether oxygens (including phenoxy) is 2. The molecule has 0 aliphatic carbocycles. The fourth-order valence-electron chi connectivity index (χ4n) is 2.85. The first kappa shape index (κ1) is 16.1. The molecule has 3 aromatic rings. The van der Waals surface area contributed by atoms with Gasteiger partial charge in [-0.05, 0) is 43.3 Å². The molecule has 6 nitrogen and oxygen atoms in total. The molecule has 0 saturated carbocycles. The Hall–Kier alpha value is -3.35. The van der Waals surface area contributed by atoms with Crippen LogP contribution in [0.1, 0.15) is 16.1 Å². The van der Waals surface area contributed by atoms with E-state index in [4.69, 9.17) is 9.47 Å². The monoisotopic (exact) mass is 353 g/mol. The molecule has 0 atom stereocenters. The second-order valence-corrected chi connectivity index (χ2v) is 5.93. The van der Waals surface area contributed by atoms with Crippen LogP contribution in [0.4, 0.5) is 10.1 Å². The topological polar surface area (TPSA) is 56.6 Å². The Balaban J connectivity index is 1.63. The summed E-state index contributed by atoms with van der Waals surface area (Å²) in [4.78, 5) is 14.4. The molecule has 1 amide bonds. The van der Waals surface area contributed by atoms with Crippen molar-refractivity contribution in [1.82, 2.24) is 9.78 Å². The van der Waals surface area contributed by atoms with E-state index in [1.165, 1.54) is 23.2 Å². The minimum atomic E-state index is -0.322. The molecular formula is C19H16FN3O3. The van der Waals surface area contributed by atoms with Gasteiger partial charge in [0.25, 0.3) is 5.91 Å². The van der Waals surface area contributed by atoms with Crippen molar-refractivity contribution in [2.24, 2.45) is 0 Å². The lowest BCUT2D eigenvalue weighted by atomic mass is 10.2. The van der Waals surface area contributed by atoms with E-state index in [-0.39, 0.29) is 18.5 Å². The van der Waals surface area contributed by atoms with Gasteiger partial charge < -0.3 is 14.4 Å². The largest absolute Gasteiger partial charge is 0.454 e. The Labute approximate surface area is 149 Å². The smallest absolute Gasteiger partial charge is 0.261 e. The van der Waals surface area contributed by atoms with Crippen LogP contribution in [0, 0.1) is 12.7 Å². The van der Waals surface area contributed by atoms with Crippen molar-refractivity contribution < 1.29 is 18.7 Å². The highest BCUT2D eigenvalue weighted by atomic mass is 19.1. The zero-order valence-electron chi connectivity index (χ0n) is 14.3. The van der Waals surface area contributed by atoms with Crippen molar-refractivity contribution in [3.63, 3.8) is 0 Å². The number of carbonyl (C=O) groups excluding carboxylic acids is 1. The lowest BCUT2D eigenvalue weighted by Gasteiger charge is -2.17. The number of halogens is 1. The van der Waals surface area contributed by atoms with Crippen molar-refractivity contribution in [2.75, 3.05) is 18.7 Å². The van der Waals surface area contributed by atoms with Crippen LogP contribution in [0.15, 0.2) is 48.7 Å². The van der Waals surface area contributed by atoms with E-state index in [1.807, 2.05) is 0 Å². The zero-order valence-corrected chi connectivity index (χ0v) is 14.3. The predicted octanol–water partition coefficient (Wildman–Crippen LogP) is 3.33. The van der Waals surface area contributed by atoms with Gasteiger partial charge in [0.05, 0.1) is 23.1 Å². The summed E-state index contributed by atoms with van der Waals surface area (Å²) in [7, 11) is 1.69. The van der Waals surface area contributed by atoms with Crippen molar-refractivity contribution in [1.29, 1.82) is 0 Å². The lowest BCUT2D eigenvalue weighted by molar-refractivity contribution is 0.0992. The Morgan fingerprint density at radius 1 is 1.15 bits per heavy atom. The fraction of sp³-hybridized carbons (Fsp3) is 0.158. The molecule has 4 rings (SSSR count). The molecule has 26 heavy (non-hydrogen) atoms. The van der Waals surface area contributed by atoms with Crippen molar-refractivity contribution in [3.05, 3.63) is 65.7 Å². The Morgan fingerprint density at radius 2 is 1.88 bits per heavy atom. The first-order chi connectivity index (χ1) is 12.5. The molecule has 1 aliphatic heterocycles. The molecule has 0 saturated heterocycles. The normalized spacial score (nSPS) is 12.3. The van der Waals surface area contributed by atoms with Crippen molar-refractivity contribution >= 4 is 11.6 Å². The fourth-order valence-corrected chi connectivity index (χ4v) is 2.85. The third kappa shape index (κ3) is 2.67. The van der Waals surface area contributed by atoms with Gasteiger partial charge in [-0.3, -0.25) is 4.79 Å². The summed E-state index contributed by atoms with van der Waals surface area (Å²) in [6.07, 6.45) is 1.52. The van der Waals surface area contributed by atoms with E-state index in [0.717, 1.165) is 0 Å². The van der Waals surface area contributed by atoms with Crippen LogP contribution in [0.5, 0.6) is 11.5 Å². The number of anilines is 1. The lowest BCUT2D eigenvalue weighted by Crippen LogP contribution is -2.26. The van der Waals surface area contributed by atoms with Gasteiger partial charge >= 0.3 is 0 Å². The van der Waals surface area contributed by atoms with Crippen LogP contribution in [0.25, 0.3) is 5.69 Å². The highest BCUT2D eigenvalue weighted by Gasteiger charge is 2.22. The number of hydrogen-bond acceptors (Lipinski definition) is 4. The van der Waals surface area contributed by atoms with Gasteiger partial charge in [0.2, 0.25) is 6.79 Å². The number of nitrogens with zero attached hydrogens (tertiary/aromatic N) is 3. The number of carbonyl (C=O) groups is 1. The van der Waals surface area contributed by atoms with Crippen LogP contribution in [0.2, 0.25) is 0 Å². The Kier molecular flexibility index (Phi) is 3.84. The van der Waals surface area contributed by atoms with E-state index < -0.39 is 0 Å². The van der Waals surface area contributed by atoms with Crippen LogP contribution in [-0.2, 0) is 0 Å². The van der Waals surface area contributed by atoms with Gasteiger partial charge in [0.15, 0.2) is 11.5 Å². The van der Waals surface area contributed by atoms with E-state index in [9.17, 15) is 9.18 Å². The minimum absolute atomic E-state index is 0.181. The van der Waals surface area contributed by atoms with E-state index in [0.29, 0.717) is 34.1 Å². The Morgan fingerprint density at radius 3 is 2.65 bits per heavy atom. The number of hydrogen-bond donors (Lipinski definition) is 0. The molecular weight excluding hydrogens is 337 g/mol. The first-order valence-corrected chi connectivity index (χ1v) is 8.03. The zero-order chi connectivity index (χ0) is 18.3. The molecule has 0 fully saturated rings. The van der Waals surface area contributed by atoms with Gasteiger partial charge in [0.1, 0.15) is 5.82 Å². The predicted molar refractivity (Wildman–Crippen MR) is 93.6 cm³/mol. The van der Waals surface area contributed by atoms with Gasteiger partial charge in [-0.2, -0.15) is 5.10 Å². The maximum absolute atomic E-state index is 13.1. The molecule has 2 heterocycles. The van der Waals surface area contributed by atoms with Crippen molar-refractivity contribution in [2.45, 2.75) is 6.92 Å². The third-order valence-electron chi connectivity index (χ3n) is 4.36. The number of benzene rings is 2. The number of rotatable bonds is 3. The molecule has 0 bridgehead atoms. The van der Waals surface area contributed by atoms with E-state index in [2.05, 4.69) is 5.10 Å². The van der Waals surface area contributed by atoms with Gasteiger partial charge in [-0.25, -0.2) is 9.07 Å². The molecule has 0 unspecified atom stereocenters. The molecule has 0 radical (unpaired) electrons. The third-order valence-corrected chi connectivity index (χ3v) is 4.36. The van der Waals surface area contributed by atoms with Gasteiger partial charge in [0, 0.05) is 18.8 Å². The second-order valence-electron chi connectivity index (χ2n) is 5.93. The minimum Gasteiger partial charge on any atom is -0.454 e. The molecule has 2 aromatic carbocycles. The average Bonchev–Trinajstić information content (AvgIpc) is 3.27. The standard InChI is InChI=1S/C19H16FN3O3/c1-12-16(10-21-23(12)14-5-3-13(20)4-6-14)19(24)22(2)15-7-8-17-18(9-15)26-11-25-17/h3-10H,11H2,1-2H3. The second kappa shape index (κ2) is 6.18. The summed E-state index contributed by atoms with van der Waals surface area (Å²) in [6.45, 7) is 1.98. The van der Waals surface area contributed by atoms with Crippen molar-refractivity contribution in [3.8, 4) is 17.2 Å². The van der Waals surface area contributed by atoms with Gasteiger partial charge in [-0.1, -0.05) is 0 Å². The number of aromatic nitrogens is 2. The molecule has 7 heteroatoms. The summed E-state index contributed by atoms with van der Waals surface area (Å²) in [5.41, 5.74) is 2.52. The summed E-state index contributed by atoms with van der Waals surface area (Å²) < 4.78 is 25.4. The average molecular weight is 353 g/mol. The van der Waals surface area contributed by atoms with Crippen LogP contribution in [0.3, 0.4) is 0 Å². The van der Waals surface area contributed by atoms with E-state index >= 15 is 0 Å². The summed E-state index contributed by atoms with van der Waals surface area (Å²) in [5, 5.41) is 4.27. The maximum atomic E-state index is 13.1. The quantitative estimate of drug-likeness (QED) is 0.725. The molecule has 1 aliphatic rings. The van der Waals surface area contributed by atoms with Crippen LogP contribution < -0.4 is 14.4 Å². The van der Waals surface area contributed by atoms with E-state index in [1.54, 1.807) is 49.0 Å². The highest BCUT2D eigenvalue weighted by molar-refractivity contribution is 6.06. The summed E-state index contributed by atoms with van der Waals surface area (Å²) in [6, 6.07) is 11.3. The number of amides is 1. The first-order valence-electron chi connectivity index (χ1n) is 8.03. The van der Waals surface area contributed by atoms with Crippen LogP contribution >= 0.6 is 0 Å². The molecule has 132 valence electrons. The van der Waals surface area contributed by atoms with Crippen LogP contribution in [-0.4, -0.2) is 29.5 Å². The Bertz CT molecular complexity index is 982.